The molecule has 1 fully saturated rings. The van der Waals surface area contributed by atoms with Gasteiger partial charge in [0.25, 0.3) is 0 Å². The average Bonchev–Trinajstić information content (AvgIpc) is 2.83. The maximum atomic E-state index is 12.8. The average molecular weight is 256 g/mol. The fourth-order valence-corrected chi connectivity index (χ4v) is 2.35. The first-order valence-corrected chi connectivity index (χ1v) is 5.01. The standard InChI is InChI=1S/C9H6Cl2F3N/c10-5-1-4-15-7(11)6(5)8(2-3-8)9(12,13)14/h1,4H,2-3H2. The zero-order valence-corrected chi connectivity index (χ0v) is 8.92. The molecule has 0 saturated heterocycles. The summed E-state index contributed by atoms with van der Waals surface area (Å²) in [6.45, 7) is 0. The molecule has 15 heavy (non-hydrogen) atoms. The van der Waals surface area contributed by atoms with Crippen LogP contribution in [0.5, 0.6) is 0 Å². The van der Waals surface area contributed by atoms with E-state index in [0.29, 0.717) is 0 Å². The van der Waals surface area contributed by atoms with Crippen molar-refractivity contribution in [3.05, 3.63) is 28.0 Å². The first-order valence-electron chi connectivity index (χ1n) is 4.26. The number of halogens is 5. The summed E-state index contributed by atoms with van der Waals surface area (Å²) >= 11 is 11.4. The van der Waals surface area contributed by atoms with E-state index in [1.165, 1.54) is 12.3 Å². The van der Waals surface area contributed by atoms with Crippen molar-refractivity contribution in [2.45, 2.75) is 24.4 Å². The van der Waals surface area contributed by atoms with E-state index in [-0.39, 0.29) is 28.6 Å². The van der Waals surface area contributed by atoms with Crippen LogP contribution in [0, 0.1) is 0 Å². The summed E-state index contributed by atoms with van der Waals surface area (Å²) in [5, 5.41) is -0.123. The van der Waals surface area contributed by atoms with E-state index < -0.39 is 11.6 Å². The van der Waals surface area contributed by atoms with Crippen molar-refractivity contribution >= 4 is 23.2 Å². The Hall–Kier alpha value is -0.480. The molecule has 0 bridgehead atoms. The fourth-order valence-electron chi connectivity index (χ4n) is 1.64. The van der Waals surface area contributed by atoms with Gasteiger partial charge in [-0.25, -0.2) is 4.98 Å². The van der Waals surface area contributed by atoms with Gasteiger partial charge in [0.1, 0.15) is 5.15 Å². The summed E-state index contributed by atoms with van der Waals surface area (Å²) in [5.41, 5.74) is -1.95. The zero-order valence-electron chi connectivity index (χ0n) is 7.41. The minimum atomic E-state index is -4.32. The molecule has 1 aromatic rings. The predicted molar refractivity (Wildman–Crippen MR) is 51.2 cm³/mol. The molecule has 0 aromatic carbocycles. The summed E-state index contributed by atoms with van der Waals surface area (Å²) < 4.78 is 38.4. The molecule has 1 nitrogen and oxygen atoms in total. The lowest BCUT2D eigenvalue weighted by Crippen LogP contribution is -2.29. The maximum absolute atomic E-state index is 12.8. The fraction of sp³-hybridized carbons (Fsp3) is 0.444. The second-order valence-electron chi connectivity index (χ2n) is 3.54. The number of hydrogen-bond donors (Lipinski definition) is 0. The molecule has 0 amide bonds. The first-order chi connectivity index (χ1) is 6.88. The zero-order chi connectivity index (χ0) is 11.3. The number of hydrogen-bond acceptors (Lipinski definition) is 1. The molecule has 2 rings (SSSR count). The van der Waals surface area contributed by atoms with Gasteiger partial charge in [0.05, 0.1) is 5.41 Å². The van der Waals surface area contributed by atoms with E-state index in [1.54, 1.807) is 0 Å². The van der Waals surface area contributed by atoms with Crippen LogP contribution < -0.4 is 0 Å². The lowest BCUT2D eigenvalue weighted by molar-refractivity contribution is -0.160. The van der Waals surface area contributed by atoms with Crippen LogP contribution in [0.25, 0.3) is 0 Å². The highest BCUT2D eigenvalue weighted by Crippen LogP contribution is 2.61. The van der Waals surface area contributed by atoms with Crippen molar-refractivity contribution in [3.8, 4) is 0 Å². The third-order valence-corrected chi connectivity index (χ3v) is 3.23. The number of rotatable bonds is 1. The topological polar surface area (TPSA) is 12.9 Å². The Morgan fingerprint density at radius 3 is 2.27 bits per heavy atom. The van der Waals surface area contributed by atoms with Gasteiger partial charge in [-0.05, 0) is 18.9 Å². The van der Waals surface area contributed by atoms with Gasteiger partial charge in [-0.2, -0.15) is 13.2 Å². The molecule has 0 radical (unpaired) electrons. The Balaban J connectivity index is 2.56. The van der Waals surface area contributed by atoms with Gasteiger partial charge in [-0.3, -0.25) is 0 Å². The van der Waals surface area contributed by atoms with Gasteiger partial charge in [0.2, 0.25) is 0 Å². The van der Waals surface area contributed by atoms with Crippen LogP contribution in [0.15, 0.2) is 12.3 Å². The van der Waals surface area contributed by atoms with Gasteiger partial charge in [-0.15, -0.1) is 0 Å². The lowest BCUT2D eigenvalue weighted by atomic mass is 9.97. The minimum absolute atomic E-state index is 0.0294. The molecule has 0 aliphatic heterocycles. The van der Waals surface area contributed by atoms with Crippen LogP contribution in [0.3, 0.4) is 0 Å². The van der Waals surface area contributed by atoms with E-state index in [0.717, 1.165) is 0 Å². The highest BCUT2D eigenvalue weighted by atomic mass is 35.5. The Morgan fingerprint density at radius 2 is 1.87 bits per heavy atom. The molecule has 0 spiro atoms. The van der Waals surface area contributed by atoms with Gasteiger partial charge >= 0.3 is 6.18 Å². The molecule has 1 heterocycles. The molecule has 1 aliphatic rings. The van der Waals surface area contributed by atoms with Gasteiger partial charge in [0.15, 0.2) is 0 Å². The summed E-state index contributed by atoms with van der Waals surface area (Å²) in [4.78, 5) is 3.64. The maximum Gasteiger partial charge on any atom is 0.398 e. The van der Waals surface area contributed by atoms with Crippen LogP contribution in [-0.2, 0) is 5.41 Å². The summed E-state index contributed by atoms with van der Waals surface area (Å²) in [6, 6.07) is 1.33. The summed E-state index contributed by atoms with van der Waals surface area (Å²) in [7, 11) is 0. The van der Waals surface area contributed by atoms with Crippen LogP contribution in [0.1, 0.15) is 18.4 Å². The van der Waals surface area contributed by atoms with Gasteiger partial charge in [0, 0.05) is 16.8 Å². The van der Waals surface area contributed by atoms with Crippen molar-refractivity contribution in [2.75, 3.05) is 0 Å². The molecule has 0 atom stereocenters. The van der Waals surface area contributed by atoms with E-state index in [9.17, 15) is 13.2 Å². The Labute approximate surface area is 94.2 Å². The molecule has 1 saturated carbocycles. The van der Waals surface area contributed by atoms with Crippen molar-refractivity contribution in [1.82, 2.24) is 4.98 Å². The largest absolute Gasteiger partial charge is 0.398 e. The molecule has 1 aromatic heterocycles. The summed E-state index contributed by atoms with van der Waals surface area (Å²) in [6.07, 6.45) is -2.97. The smallest absolute Gasteiger partial charge is 0.244 e. The molecular weight excluding hydrogens is 250 g/mol. The van der Waals surface area contributed by atoms with Gasteiger partial charge < -0.3 is 0 Å². The number of nitrogens with zero attached hydrogens (tertiary/aromatic N) is 1. The molecule has 0 unspecified atom stereocenters. The first kappa shape index (κ1) is 11.0. The quantitative estimate of drug-likeness (QED) is 0.692. The molecule has 0 N–H and O–H groups in total. The van der Waals surface area contributed by atoms with Crippen molar-refractivity contribution < 1.29 is 13.2 Å². The highest BCUT2D eigenvalue weighted by Gasteiger charge is 2.65. The Bertz CT molecular complexity index is 379. The predicted octanol–water partition coefficient (Wildman–Crippen LogP) is 3.98. The van der Waals surface area contributed by atoms with E-state index in [1.807, 2.05) is 0 Å². The molecule has 1 aliphatic carbocycles. The summed E-state index contributed by atoms with van der Waals surface area (Å²) in [5.74, 6) is 0. The monoisotopic (exact) mass is 255 g/mol. The SMILES string of the molecule is FC(F)(F)C1(c2c(Cl)ccnc2Cl)CC1. The second kappa shape index (κ2) is 3.25. The Kier molecular flexibility index (Phi) is 2.39. The van der Waals surface area contributed by atoms with Gasteiger partial charge in [-0.1, -0.05) is 23.2 Å². The van der Waals surface area contributed by atoms with Crippen LogP contribution in [0.2, 0.25) is 10.2 Å². The third-order valence-electron chi connectivity index (χ3n) is 2.63. The number of pyridine rings is 1. The van der Waals surface area contributed by atoms with E-state index in [4.69, 9.17) is 23.2 Å². The number of alkyl halides is 3. The third kappa shape index (κ3) is 1.60. The van der Waals surface area contributed by atoms with Crippen LogP contribution in [-0.4, -0.2) is 11.2 Å². The van der Waals surface area contributed by atoms with Crippen LogP contribution in [0.4, 0.5) is 13.2 Å². The Morgan fingerprint density at radius 1 is 1.27 bits per heavy atom. The lowest BCUT2D eigenvalue weighted by Gasteiger charge is -2.21. The molecule has 6 heteroatoms. The minimum Gasteiger partial charge on any atom is -0.244 e. The van der Waals surface area contributed by atoms with Crippen LogP contribution >= 0.6 is 23.2 Å². The number of aromatic nitrogens is 1. The molecular formula is C9H6Cl2F3N. The van der Waals surface area contributed by atoms with Crippen molar-refractivity contribution in [3.63, 3.8) is 0 Å². The van der Waals surface area contributed by atoms with E-state index >= 15 is 0 Å². The second-order valence-corrected chi connectivity index (χ2v) is 4.30. The van der Waals surface area contributed by atoms with E-state index in [2.05, 4.69) is 4.98 Å². The van der Waals surface area contributed by atoms with Crippen molar-refractivity contribution in [2.24, 2.45) is 0 Å². The van der Waals surface area contributed by atoms with Crippen molar-refractivity contribution in [1.29, 1.82) is 0 Å². The normalized spacial score (nSPS) is 19.0. The molecule has 82 valence electrons. The highest BCUT2D eigenvalue weighted by molar-refractivity contribution is 6.35.